The number of imide groups is 1. The third kappa shape index (κ3) is 4.16. The van der Waals surface area contributed by atoms with Crippen LogP contribution < -0.4 is 10.6 Å². The zero-order chi connectivity index (χ0) is 20.3. The Balaban J connectivity index is 1.70. The number of amides is 2. The normalized spacial score (nSPS) is 13.1. The number of carbonyl (C=O) groups is 3. The second kappa shape index (κ2) is 7.75. The van der Waals surface area contributed by atoms with E-state index < -0.39 is 36.5 Å². The molecule has 2 N–H and O–H groups in total. The van der Waals surface area contributed by atoms with Crippen molar-refractivity contribution in [3.05, 3.63) is 64.7 Å². The predicted octanol–water partition coefficient (Wildman–Crippen LogP) is 2.92. The lowest BCUT2D eigenvalue weighted by Crippen LogP contribution is -2.26. The number of hydrogen-bond acceptors (Lipinski definition) is 5. The summed E-state index contributed by atoms with van der Waals surface area (Å²) >= 11 is 0. The van der Waals surface area contributed by atoms with Gasteiger partial charge in [-0.3, -0.25) is 19.7 Å². The summed E-state index contributed by atoms with van der Waals surface area (Å²) in [5.74, 6) is -5.61. The van der Waals surface area contributed by atoms with E-state index in [1.54, 1.807) is 30.3 Å². The fourth-order valence-corrected chi connectivity index (χ4v) is 3.08. The molecule has 146 valence electrons. The van der Waals surface area contributed by atoms with Crippen molar-refractivity contribution in [1.29, 1.82) is 0 Å². The Morgan fingerprint density at radius 1 is 1.11 bits per heavy atom. The van der Waals surface area contributed by atoms with Crippen molar-refractivity contribution in [1.82, 2.24) is 5.32 Å². The Morgan fingerprint density at radius 3 is 2.50 bits per heavy atom. The van der Waals surface area contributed by atoms with E-state index in [2.05, 4.69) is 10.6 Å². The third-order valence-electron chi connectivity index (χ3n) is 4.34. The molecule has 6 nitrogen and oxygen atoms in total. The molecular weight excluding hydrogens is 370 g/mol. The highest BCUT2D eigenvalue weighted by atomic mass is 19.3. The number of ether oxygens (including phenoxy) is 1. The van der Waals surface area contributed by atoms with E-state index in [1.165, 1.54) is 19.2 Å². The van der Waals surface area contributed by atoms with Crippen LogP contribution in [0.1, 0.15) is 38.3 Å². The Morgan fingerprint density at radius 2 is 1.82 bits per heavy atom. The highest BCUT2D eigenvalue weighted by Gasteiger charge is 2.37. The zero-order valence-corrected chi connectivity index (χ0v) is 15.1. The Kier molecular flexibility index (Phi) is 5.39. The van der Waals surface area contributed by atoms with Gasteiger partial charge in [0.2, 0.25) is 0 Å². The van der Waals surface area contributed by atoms with Gasteiger partial charge in [-0.05, 0) is 17.2 Å². The average Bonchev–Trinajstić information content (AvgIpc) is 2.94. The molecule has 1 heterocycles. The second-order valence-electron chi connectivity index (χ2n) is 6.41. The molecule has 0 atom stereocenters. The Hall–Kier alpha value is -3.29. The largest absolute Gasteiger partial charge is 0.461 e. The molecule has 0 spiro atoms. The molecule has 0 saturated carbocycles. The molecule has 0 saturated heterocycles. The minimum atomic E-state index is -3.38. The summed E-state index contributed by atoms with van der Waals surface area (Å²) in [5.41, 5.74) is 1.15. The number of esters is 1. The molecule has 0 fully saturated rings. The summed E-state index contributed by atoms with van der Waals surface area (Å²) in [6.07, 6.45) is -1.87. The van der Waals surface area contributed by atoms with Gasteiger partial charge in [-0.2, -0.15) is 0 Å². The number of anilines is 1. The molecule has 2 aromatic carbocycles. The van der Waals surface area contributed by atoms with Crippen molar-refractivity contribution in [3.8, 4) is 0 Å². The molecule has 0 bridgehead atoms. The van der Waals surface area contributed by atoms with Crippen molar-refractivity contribution in [2.45, 2.75) is 25.4 Å². The molecule has 0 aromatic heterocycles. The second-order valence-corrected chi connectivity index (χ2v) is 6.41. The number of nitrogens with one attached hydrogen (secondary N) is 2. The number of carbonyl (C=O) groups excluding carboxylic acids is 3. The summed E-state index contributed by atoms with van der Waals surface area (Å²) in [7, 11) is 1.47. The van der Waals surface area contributed by atoms with E-state index in [-0.39, 0.29) is 29.0 Å². The summed E-state index contributed by atoms with van der Waals surface area (Å²) in [6.45, 7) is -0.0847. The standard InChI is InChI=1S/C20H18F2N2O4/c1-23-17-13(7-8-14-16(17)19(27)24-18(14)26)9-20(21,22)10-15(25)28-11-12-5-3-2-4-6-12/h2-8,23H,9-11H2,1H3,(H,24,26,27). The van der Waals surface area contributed by atoms with Gasteiger partial charge >= 0.3 is 5.97 Å². The minimum Gasteiger partial charge on any atom is -0.461 e. The van der Waals surface area contributed by atoms with E-state index in [0.717, 1.165) is 0 Å². The summed E-state index contributed by atoms with van der Waals surface area (Å²) in [6, 6.07) is 11.4. The Bertz CT molecular complexity index is 929. The van der Waals surface area contributed by atoms with Crippen LogP contribution in [0.5, 0.6) is 0 Å². The smallest absolute Gasteiger partial charge is 0.312 e. The first-order valence-electron chi connectivity index (χ1n) is 8.57. The minimum absolute atomic E-state index is 0.0347. The molecule has 8 heteroatoms. The maximum atomic E-state index is 14.4. The van der Waals surface area contributed by atoms with Gasteiger partial charge in [-0.15, -0.1) is 0 Å². The summed E-state index contributed by atoms with van der Waals surface area (Å²) < 4.78 is 33.8. The fourth-order valence-electron chi connectivity index (χ4n) is 3.08. The predicted molar refractivity (Wildman–Crippen MR) is 97.3 cm³/mol. The third-order valence-corrected chi connectivity index (χ3v) is 4.34. The van der Waals surface area contributed by atoms with Gasteiger partial charge in [0.05, 0.1) is 16.8 Å². The SMILES string of the molecule is CNc1c(CC(F)(F)CC(=O)OCc2ccccc2)ccc2c1C(=O)NC2=O. The first-order valence-corrected chi connectivity index (χ1v) is 8.57. The molecule has 1 aliphatic heterocycles. The quantitative estimate of drug-likeness (QED) is 0.563. The average molecular weight is 388 g/mol. The van der Waals surface area contributed by atoms with E-state index in [4.69, 9.17) is 4.74 Å². The van der Waals surface area contributed by atoms with Gasteiger partial charge in [0.1, 0.15) is 13.0 Å². The van der Waals surface area contributed by atoms with Gasteiger partial charge in [-0.1, -0.05) is 36.4 Å². The maximum Gasteiger partial charge on any atom is 0.312 e. The van der Waals surface area contributed by atoms with Gasteiger partial charge in [0.25, 0.3) is 17.7 Å². The van der Waals surface area contributed by atoms with Gasteiger partial charge in [-0.25, -0.2) is 8.78 Å². The molecule has 0 aliphatic carbocycles. The van der Waals surface area contributed by atoms with Crippen molar-refractivity contribution in [2.24, 2.45) is 0 Å². The summed E-state index contributed by atoms with van der Waals surface area (Å²) in [4.78, 5) is 35.5. The lowest BCUT2D eigenvalue weighted by atomic mass is 9.97. The van der Waals surface area contributed by atoms with Crippen LogP contribution in [-0.2, 0) is 22.6 Å². The van der Waals surface area contributed by atoms with Gasteiger partial charge in [0, 0.05) is 13.5 Å². The van der Waals surface area contributed by atoms with Crippen LogP contribution >= 0.6 is 0 Å². The van der Waals surface area contributed by atoms with Crippen LogP contribution in [0, 0.1) is 0 Å². The highest BCUT2D eigenvalue weighted by molar-refractivity contribution is 6.24. The van der Waals surface area contributed by atoms with Crippen LogP contribution in [0.3, 0.4) is 0 Å². The molecule has 2 aromatic rings. The zero-order valence-electron chi connectivity index (χ0n) is 15.1. The number of hydrogen-bond donors (Lipinski definition) is 2. The van der Waals surface area contributed by atoms with E-state index in [9.17, 15) is 23.2 Å². The monoisotopic (exact) mass is 388 g/mol. The molecular formula is C20H18F2N2O4. The molecule has 3 rings (SSSR count). The number of rotatable bonds is 7. The number of fused-ring (bicyclic) bond motifs is 1. The van der Waals surface area contributed by atoms with E-state index in [1.807, 2.05) is 0 Å². The maximum absolute atomic E-state index is 14.4. The molecule has 2 amide bonds. The highest BCUT2D eigenvalue weighted by Crippen LogP contribution is 2.33. The molecule has 0 unspecified atom stereocenters. The summed E-state index contributed by atoms with van der Waals surface area (Å²) in [5, 5.41) is 4.84. The van der Waals surface area contributed by atoms with Crippen molar-refractivity contribution < 1.29 is 27.9 Å². The van der Waals surface area contributed by atoms with Crippen LogP contribution in [0.2, 0.25) is 0 Å². The fraction of sp³-hybridized carbons (Fsp3) is 0.250. The topological polar surface area (TPSA) is 84.5 Å². The van der Waals surface area contributed by atoms with Gasteiger partial charge < -0.3 is 10.1 Å². The van der Waals surface area contributed by atoms with Crippen molar-refractivity contribution in [3.63, 3.8) is 0 Å². The van der Waals surface area contributed by atoms with Crippen LogP contribution in [0.15, 0.2) is 42.5 Å². The Labute approximate surface area is 159 Å². The lowest BCUT2D eigenvalue weighted by Gasteiger charge is -2.19. The van der Waals surface area contributed by atoms with Crippen LogP contribution in [0.25, 0.3) is 0 Å². The molecule has 1 aliphatic rings. The van der Waals surface area contributed by atoms with E-state index >= 15 is 0 Å². The molecule has 28 heavy (non-hydrogen) atoms. The molecule has 0 radical (unpaired) electrons. The van der Waals surface area contributed by atoms with Crippen molar-refractivity contribution in [2.75, 3.05) is 12.4 Å². The first-order chi connectivity index (χ1) is 13.3. The van der Waals surface area contributed by atoms with E-state index in [0.29, 0.717) is 5.56 Å². The number of alkyl halides is 2. The number of halogens is 2. The number of benzene rings is 2. The first kappa shape index (κ1) is 19.5. The lowest BCUT2D eigenvalue weighted by molar-refractivity contribution is -0.152. The van der Waals surface area contributed by atoms with Crippen molar-refractivity contribution >= 4 is 23.5 Å². The van der Waals surface area contributed by atoms with Crippen LogP contribution in [-0.4, -0.2) is 30.8 Å². The van der Waals surface area contributed by atoms with Crippen LogP contribution in [0.4, 0.5) is 14.5 Å². The van der Waals surface area contributed by atoms with Gasteiger partial charge in [0.15, 0.2) is 0 Å².